The second kappa shape index (κ2) is 5.80. The first kappa shape index (κ1) is 13.4. The Labute approximate surface area is 120 Å². The lowest BCUT2D eigenvalue weighted by Crippen LogP contribution is -2.24. The molecule has 1 atom stereocenters. The van der Waals surface area contributed by atoms with Crippen molar-refractivity contribution in [2.75, 3.05) is 18.0 Å². The largest absolute Gasteiger partial charge is 0.348 e. The van der Waals surface area contributed by atoms with Gasteiger partial charge in [0.2, 0.25) is 0 Å². The van der Waals surface area contributed by atoms with Gasteiger partial charge in [-0.05, 0) is 39.0 Å². The highest BCUT2D eigenvalue weighted by Crippen LogP contribution is 2.44. The Morgan fingerprint density at radius 1 is 1.37 bits per heavy atom. The van der Waals surface area contributed by atoms with E-state index in [1.54, 1.807) is 0 Å². The van der Waals surface area contributed by atoms with E-state index in [0.717, 1.165) is 12.5 Å². The zero-order valence-electron chi connectivity index (χ0n) is 12.1. The van der Waals surface area contributed by atoms with E-state index in [1.165, 1.54) is 60.9 Å². The van der Waals surface area contributed by atoms with E-state index in [-0.39, 0.29) is 0 Å². The Morgan fingerprint density at radius 2 is 2.11 bits per heavy atom. The lowest BCUT2D eigenvalue weighted by molar-refractivity contribution is 0.535. The Kier molecular flexibility index (Phi) is 4.08. The molecule has 19 heavy (non-hydrogen) atoms. The van der Waals surface area contributed by atoms with Gasteiger partial charge in [-0.2, -0.15) is 0 Å². The second-order valence-electron chi connectivity index (χ2n) is 5.96. The van der Waals surface area contributed by atoms with Gasteiger partial charge < -0.3 is 10.2 Å². The summed E-state index contributed by atoms with van der Waals surface area (Å²) in [7, 11) is 0. The summed E-state index contributed by atoms with van der Waals surface area (Å²) in [5.41, 5.74) is 1.41. The number of hydrogen-bond acceptors (Lipinski definition) is 4. The quantitative estimate of drug-likeness (QED) is 0.863. The smallest absolute Gasteiger partial charge is 0.185 e. The summed E-state index contributed by atoms with van der Waals surface area (Å²) < 4.78 is 0. The molecule has 2 aliphatic rings. The molecule has 106 valence electrons. The number of thiazole rings is 1. The average molecular weight is 279 g/mol. The van der Waals surface area contributed by atoms with E-state index >= 15 is 0 Å². The fourth-order valence-corrected chi connectivity index (χ4v) is 3.76. The molecule has 1 unspecified atom stereocenters. The predicted molar refractivity (Wildman–Crippen MR) is 82.1 cm³/mol. The van der Waals surface area contributed by atoms with Crippen LogP contribution in [0.4, 0.5) is 5.13 Å². The van der Waals surface area contributed by atoms with Crippen LogP contribution in [0.2, 0.25) is 0 Å². The molecule has 1 N–H and O–H groups in total. The monoisotopic (exact) mass is 279 g/mol. The van der Waals surface area contributed by atoms with Gasteiger partial charge in [-0.1, -0.05) is 6.92 Å². The Bertz CT molecular complexity index is 419. The van der Waals surface area contributed by atoms with Gasteiger partial charge in [0.05, 0.1) is 5.69 Å². The van der Waals surface area contributed by atoms with Gasteiger partial charge >= 0.3 is 0 Å². The fourth-order valence-electron chi connectivity index (χ4n) is 2.61. The summed E-state index contributed by atoms with van der Waals surface area (Å²) in [5.74, 6) is 0.765. The first-order valence-corrected chi connectivity index (χ1v) is 8.57. The van der Waals surface area contributed by atoms with Gasteiger partial charge in [0.1, 0.15) is 0 Å². The highest BCUT2D eigenvalue weighted by Gasteiger charge is 2.30. The van der Waals surface area contributed by atoms with Crippen molar-refractivity contribution in [1.82, 2.24) is 10.3 Å². The third-order valence-electron chi connectivity index (χ3n) is 4.28. The van der Waals surface area contributed by atoms with Gasteiger partial charge in [0.25, 0.3) is 0 Å². The molecule has 0 spiro atoms. The Balaban J connectivity index is 1.73. The highest BCUT2D eigenvalue weighted by atomic mass is 32.1. The maximum absolute atomic E-state index is 4.96. The van der Waals surface area contributed by atoms with Crippen LogP contribution in [0, 0.1) is 0 Å². The van der Waals surface area contributed by atoms with Crippen molar-refractivity contribution in [1.29, 1.82) is 0 Å². The molecular formula is C15H25N3S. The van der Waals surface area contributed by atoms with E-state index < -0.39 is 0 Å². The molecule has 1 aliphatic heterocycles. The molecule has 1 saturated heterocycles. The maximum atomic E-state index is 4.96. The molecule has 3 nitrogen and oxygen atoms in total. The van der Waals surface area contributed by atoms with Crippen molar-refractivity contribution in [3.63, 3.8) is 0 Å². The minimum atomic E-state index is 0.601. The minimum Gasteiger partial charge on any atom is -0.348 e. The average Bonchev–Trinajstić information content (AvgIpc) is 2.96. The van der Waals surface area contributed by atoms with Crippen molar-refractivity contribution in [2.45, 2.75) is 64.5 Å². The fraction of sp³-hybridized carbons (Fsp3) is 0.800. The molecule has 3 rings (SSSR count). The summed E-state index contributed by atoms with van der Waals surface area (Å²) in [6, 6.07) is 0.601. The molecule has 0 aromatic carbocycles. The Morgan fingerprint density at radius 3 is 2.74 bits per heavy atom. The number of rotatable bonds is 6. The van der Waals surface area contributed by atoms with Gasteiger partial charge in [0.15, 0.2) is 5.13 Å². The Hall–Kier alpha value is -0.610. The highest BCUT2D eigenvalue weighted by molar-refractivity contribution is 7.15. The van der Waals surface area contributed by atoms with Crippen molar-refractivity contribution in [3.05, 3.63) is 10.6 Å². The number of anilines is 1. The number of hydrogen-bond donors (Lipinski definition) is 1. The first-order valence-electron chi connectivity index (χ1n) is 7.76. The van der Waals surface area contributed by atoms with E-state index in [4.69, 9.17) is 4.98 Å². The van der Waals surface area contributed by atoms with Gasteiger partial charge in [-0.25, -0.2) is 4.98 Å². The molecule has 0 radical (unpaired) electrons. The van der Waals surface area contributed by atoms with E-state index in [2.05, 4.69) is 24.1 Å². The van der Waals surface area contributed by atoms with Crippen molar-refractivity contribution >= 4 is 16.5 Å². The van der Waals surface area contributed by atoms with Crippen LogP contribution in [0.1, 0.15) is 62.4 Å². The molecule has 2 heterocycles. The standard InChI is InChI=1S/C15H25N3S/c1-3-11(2)16-10-13-14(12-6-7-12)17-15(19-13)18-8-4-5-9-18/h11-12,16H,3-10H2,1-2H3. The predicted octanol–water partition coefficient (Wildman–Crippen LogP) is 3.51. The topological polar surface area (TPSA) is 28.2 Å². The molecule has 1 saturated carbocycles. The van der Waals surface area contributed by atoms with Crippen LogP contribution in [0.3, 0.4) is 0 Å². The first-order chi connectivity index (χ1) is 9.28. The summed E-state index contributed by atoms with van der Waals surface area (Å²) in [4.78, 5) is 8.93. The molecule has 0 bridgehead atoms. The zero-order valence-corrected chi connectivity index (χ0v) is 12.9. The molecule has 0 amide bonds. The van der Waals surface area contributed by atoms with Crippen molar-refractivity contribution < 1.29 is 0 Å². The van der Waals surface area contributed by atoms with E-state index in [9.17, 15) is 0 Å². The third-order valence-corrected chi connectivity index (χ3v) is 5.41. The van der Waals surface area contributed by atoms with Crippen LogP contribution < -0.4 is 10.2 Å². The molecule has 1 aliphatic carbocycles. The summed E-state index contributed by atoms with van der Waals surface area (Å²) in [5, 5.41) is 4.91. The number of nitrogens with one attached hydrogen (secondary N) is 1. The molecule has 4 heteroatoms. The van der Waals surface area contributed by atoms with E-state index in [0.29, 0.717) is 6.04 Å². The van der Waals surface area contributed by atoms with Gasteiger partial charge in [-0.15, -0.1) is 11.3 Å². The zero-order chi connectivity index (χ0) is 13.2. The third kappa shape index (κ3) is 3.11. The van der Waals surface area contributed by atoms with Crippen LogP contribution >= 0.6 is 11.3 Å². The second-order valence-corrected chi connectivity index (χ2v) is 7.03. The summed E-state index contributed by atoms with van der Waals surface area (Å²) in [6.07, 6.45) is 6.55. The molecule has 1 aromatic rings. The van der Waals surface area contributed by atoms with Crippen LogP contribution in [0.15, 0.2) is 0 Å². The summed E-state index contributed by atoms with van der Waals surface area (Å²) >= 11 is 1.93. The number of aromatic nitrogens is 1. The molecule has 1 aromatic heterocycles. The van der Waals surface area contributed by atoms with Crippen LogP contribution in [0.25, 0.3) is 0 Å². The van der Waals surface area contributed by atoms with Crippen molar-refractivity contribution in [3.8, 4) is 0 Å². The van der Waals surface area contributed by atoms with Crippen LogP contribution in [-0.4, -0.2) is 24.1 Å². The van der Waals surface area contributed by atoms with Crippen LogP contribution in [-0.2, 0) is 6.54 Å². The lowest BCUT2D eigenvalue weighted by Gasteiger charge is -2.12. The molecule has 2 fully saturated rings. The van der Waals surface area contributed by atoms with Crippen molar-refractivity contribution in [2.24, 2.45) is 0 Å². The van der Waals surface area contributed by atoms with E-state index in [1.807, 2.05) is 11.3 Å². The maximum Gasteiger partial charge on any atom is 0.185 e. The minimum absolute atomic E-state index is 0.601. The number of nitrogens with zero attached hydrogens (tertiary/aromatic N) is 2. The lowest BCUT2D eigenvalue weighted by atomic mass is 10.2. The normalized spacial score (nSPS) is 21.1. The van der Waals surface area contributed by atoms with Gasteiger partial charge in [-0.3, -0.25) is 0 Å². The molecular weight excluding hydrogens is 254 g/mol. The SMILES string of the molecule is CCC(C)NCc1sc(N2CCCC2)nc1C1CC1. The van der Waals surface area contributed by atoms with Crippen LogP contribution in [0.5, 0.6) is 0 Å². The summed E-state index contributed by atoms with van der Waals surface area (Å²) in [6.45, 7) is 7.92. The van der Waals surface area contributed by atoms with Gasteiger partial charge in [0, 0.05) is 36.5 Å².